The summed E-state index contributed by atoms with van der Waals surface area (Å²) in [5, 5.41) is 14.0. The molecule has 1 aliphatic heterocycles. The number of hydrogen-bond acceptors (Lipinski definition) is 4. The molecule has 0 saturated heterocycles. The molecule has 0 amide bonds. The van der Waals surface area contributed by atoms with E-state index in [1.807, 2.05) is 12.1 Å². The molecule has 3 rings (SSSR count). The maximum absolute atomic E-state index is 9.58. The monoisotopic (exact) mass is 322 g/mol. The van der Waals surface area contributed by atoms with E-state index in [2.05, 4.69) is 37.2 Å². The number of aliphatic hydroxyl groups excluding tert-OH is 1. The number of halogens is 1. The van der Waals surface area contributed by atoms with Crippen molar-refractivity contribution in [3.05, 3.63) is 29.5 Å². The number of nitrogens with one attached hydrogen (secondary N) is 1. The van der Waals surface area contributed by atoms with E-state index < -0.39 is 6.10 Å². The summed E-state index contributed by atoms with van der Waals surface area (Å²) >= 11 is 5.63. The zero-order chi connectivity index (χ0) is 15.9. The quantitative estimate of drug-likeness (QED) is 0.845. The molecular formula is C17H23ClN2O2. The van der Waals surface area contributed by atoms with Gasteiger partial charge in [0.05, 0.1) is 12.0 Å². The van der Waals surface area contributed by atoms with E-state index in [0.717, 1.165) is 29.0 Å². The minimum atomic E-state index is -0.541. The Balaban J connectivity index is 1.98. The van der Waals surface area contributed by atoms with Gasteiger partial charge in [-0.05, 0) is 32.2 Å². The van der Waals surface area contributed by atoms with Crippen molar-refractivity contribution in [2.75, 3.05) is 31.3 Å². The van der Waals surface area contributed by atoms with E-state index in [-0.39, 0.29) is 5.88 Å². The van der Waals surface area contributed by atoms with Crippen LogP contribution in [-0.2, 0) is 0 Å². The van der Waals surface area contributed by atoms with Crippen LogP contribution in [0.2, 0.25) is 0 Å². The zero-order valence-electron chi connectivity index (χ0n) is 13.3. The predicted octanol–water partition coefficient (Wildman–Crippen LogP) is 3.55. The van der Waals surface area contributed by atoms with Crippen LogP contribution in [-0.4, -0.2) is 42.1 Å². The summed E-state index contributed by atoms with van der Waals surface area (Å²) in [6.07, 6.45) is -0.541. The van der Waals surface area contributed by atoms with Crippen LogP contribution in [0.4, 0.5) is 5.69 Å². The van der Waals surface area contributed by atoms with Crippen LogP contribution in [0.1, 0.15) is 37.1 Å². The van der Waals surface area contributed by atoms with Crippen molar-refractivity contribution >= 4 is 28.3 Å². The number of rotatable bonds is 4. The molecular weight excluding hydrogens is 300 g/mol. The third-order valence-electron chi connectivity index (χ3n) is 4.56. The number of nitrogens with zero attached hydrogens (tertiary/aromatic N) is 1. The Hall–Kier alpha value is -1.23. The largest absolute Gasteiger partial charge is 0.460 e. The molecule has 0 fully saturated rings. The van der Waals surface area contributed by atoms with Crippen molar-refractivity contribution in [1.29, 1.82) is 0 Å². The summed E-state index contributed by atoms with van der Waals surface area (Å²) < 4.78 is 6.10. The average molecular weight is 323 g/mol. The van der Waals surface area contributed by atoms with E-state index >= 15 is 0 Å². The number of fused-ring (bicyclic) bond motifs is 3. The van der Waals surface area contributed by atoms with E-state index in [1.54, 1.807) is 0 Å². The standard InChI is InChI=1S/C17H23ClN2O2/c1-10-9-20(3)11(2)16-14-6-12(19-8-13(21)7-18)4-5-15(14)22-17(10)16/h4-6,10-11,13,19,21H,7-9H2,1-3H3. The van der Waals surface area contributed by atoms with Crippen LogP contribution in [0.25, 0.3) is 11.0 Å². The van der Waals surface area contributed by atoms with Crippen LogP contribution < -0.4 is 5.32 Å². The number of anilines is 1. The Kier molecular flexibility index (Phi) is 4.35. The summed E-state index contributed by atoms with van der Waals surface area (Å²) in [4.78, 5) is 2.36. The molecule has 0 aliphatic carbocycles. The lowest BCUT2D eigenvalue weighted by Gasteiger charge is -2.33. The fraction of sp³-hybridized carbons (Fsp3) is 0.529. The van der Waals surface area contributed by atoms with Crippen molar-refractivity contribution in [3.63, 3.8) is 0 Å². The highest BCUT2D eigenvalue weighted by atomic mass is 35.5. The molecule has 0 radical (unpaired) electrons. The number of aliphatic hydroxyl groups is 1. The molecule has 1 aromatic carbocycles. The maximum Gasteiger partial charge on any atom is 0.134 e. The highest BCUT2D eigenvalue weighted by molar-refractivity contribution is 6.18. The van der Waals surface area contributed by atoms with Crippen molar-refractivity contribution in [2.24, 2.45) is 0 Å². The van der Waals surface area contributed by atoms with Gasteiger partial charge >= 0.3 is 0 Å². The molecule has 2 heterocycles. The minimum Gasteiger partial charge on any atom is -0.460 e. The predicted molar refractivity (Wildman–Crippen MR) is 90.9 cm³/mol. The molecule has 1 aromatic heterocycles. The van der Waals surface area contributed by atoms with Crippen LogP contribution >= 0.6 is 11.6 Å². The lowest BCUT2D eigenvalue weighted by Crippen LogP contribution is -2.31. The number of likely N-dealkylation sites (N-methyl/N-ethyl adjacent to an activating group) is 1. The zero-order valence-corrected chi connectivity index (χ0v) is 14.0. The molecule has 0 spiro atoms. The summed E-state index contributed by atoms with van der Waals surface area (Å²) in [5.74, 6) is 1.74. The second-order valence-corrected chi connectivity index (χ2v) is 6.61. The summed E-state index contributed by atoms with van der Waals surface area (Å²) in [5.41, 5.74) is 3.20. The van der Waals surface area contributed by atoms with Gasteiger partial charge in [-0.3, -0.25) is 4.90 Å². The van der Waals surface area contributed by atoms with Crippen LogP contribution in [0.15, 0.2) is 22.6 Å². The second-order valence-electron chi connectivity index (χ2n) is 6.30. The van der Waals surface area contributed by atoms with Crippen molar-refractivity contribution < 1.29 is 9.52 Å². The van der Waals surface area contributed by atoms with Gasteiger partial charge in [-0.25, -0.2) is 0 Å². The Morgan fingerprint density at radius 3 is 2.95 bits per heavy atom. The number of hydrogen-bond donors (Lipinski definition) is 2. The van der Waals surface area contributed by atoms with Crippen LogP contribution in [0, 0.1) is 0 Å². The molecule has 3 unspecified atom stereocenters. The first kappa shape index (κ1) is 15.7. The Labute approximate surface area is 136 Å². The van der Waals surface area contributed by atoms with E-state index in [0.29, 0.717) is 18.5 Å². The molecule has 0 saturated carbocycles. The third-order valence-corrected chi connectivity index (χ3v) is 4.92. The van der Waals surface area contributed by atoms with E-state index in [1.165, 1.54) is 5.56 Å². The van der Waals surface area contributed by atoms with Gasteiger partial charge in [0.2, 0.25) is 0 Å². The molecule has 5 heteroatoms. The van der Waals surface area contributed by atoms with Gasteiger partial charge in [0.15, 0.2) is 0 Å². The Bertz CT molecular complexity index is 670. The molecule has 0 bridgehead atoms. The van der Waals surface area contributed by atoms with Gasteiger partial charge in [-0.2, -0.15) is 0 Å². The lowest BCUT2D eigenvalue weighted by atomic mass is 9.92. The normalized spacial score (nSPS) is 23.5. The van der Waals surface area contributed by atoms with Gasteiger partial charge in [0, 0.05) is 41.7 Å². The summed E-state index contributed by atoms with van der Waals surface area (Å²) in [6.45, 7) is 5.89. The number of alkyl halides is 1. The number of benzene rings is 1. The molecule has 120 valence electrons. The first-order valence-corrected chi connectivity index (χ1v) is 8.29. The van der Waals surface area contributed by atoms with E-state index in [4.69, 9.17) is 16.0 Å². The van der Waals surface area contributed by atoms with Crippen molar-refractivity contribution in [2.45, 2.75) is 31.9 Å². The molecule has 4 nitrogen and oxygen atoms in total. The smallest absolute Gasteiger partial charge is 0.134 e. The Morgan fingerprint density at radius 1 is 1.45 bits per heavy atom. The average Bonchev–Trinajstić information content (AvgIpc) is 2.89. The van der Waals surface area contributed by atoms with Gasteiger partial charge in [-0.1, -0.05) is 6.92 Å². The van der Waals surface area contributed by atoms with Crippen molar-refractivity contribution in [3.8, 4) is 0 Å². The SMILES string of the molecule is CC1CN(C)C(C)c2c1oc1ccc(NCC(O)CCl)cc21. The maximum atomic E-state index is 9.58. The first-order valence-electron chi connectivity index (χ1n) is 7.75. The molecule has 2 N–H and O–H groups in total. The number of furan rings is 1. The summed E-state index contributed by atoms with van der Waals surface area (Å²) in [6, 6.07) is 6.44. The second kappa shape index (κ2) is 6.11. The van der Waals surface area contributed by atoms with Gasteiger partial charge in [0.25, 0.3) is 0 Å². The van der Waals surface area contributed by atoms with Gasteiger partial charge in [0.1, 0.15) is 11.3 Å². The van der Waals surface area contributed by atoms with Crippen LogP contribution in [0.5, 0.6) is 0 Å². The Morgan fingerprint density at radius 2 is 2.23 bits per heavy atom. The third kappa shape index (κ3) is 2.71. The van der Waals surface area contributed by atoms with E-state index in [9.17, 15) is 5.11 Å². The molecule has 22 heavy (non-hydrogen) atoms. The minimum absolute atomic E-state index is 0.232. The topological polar surface area (TPSA) is 48.6 Å². The summed E-state index contributed by atoms with van der Waals surface area (Å²) in [7, 11) is 2.15. The van der Waals surface area contributed by atoms with Crippen molar-refractivity contribution in [1.82, 2.24) is 4.90 Å². The fourth-order valence-corrected chi connectivity index (χ4v) is 3.34. The highest BCUT2D eigenvalue weighted by Crippen LogP contribution is 2.42. The lowest BCUT2D eigenvalue weighted by molar-refractivity contribution is 0.211. The molecule has 2 aromatic rings. The fourth-order valence-electron chi connectivity index (χ4n) is 3.23. The first-order chi connectivity index (χ1) is 10.5. The highest BCUT2D eigenvalue weighted by Gasteiger charge is 2.31. The molecule has 3 atom stereocenters. The van der Waals surface area contributed by atoms with Gasteiger partial charge < -0.3 is 14.8 Å². The van der Waals surface area contributed by atoms with Crippen LogP contribution in [0.3, 0.4) is 0 Å². The van der Waals surface area contributed by atoms with Gasteiger partial charge in [-0.15, -0.1) is 11.6 Å². The molecule has 1 aliphatic rings.